The van der Waals surface area contributed by atoms with Crippen LogP contribution >= 0.6 is 15.9 Å². The van der Waals surface area contributed by atoms with Gasteiger partial charge in [-0.05, 0) is 35.4 Å². The molecule has 0 aromatic heterocycles. The van der Waals surface area contributed by atoms with Crippen molar-refractivity contribution in [3.8, 4) is 17.2 Å². The minimum absolute atomic E-state index is 0.690. The fraction of sp³-hybridized carbons (Fsp3) is 0. The molecule has 0 atom stereocenters. The van der Waals surface area contributed by atoms with Crippen LogP contribution in [0.15, 0.2) is 53.0 Å². The molecule has 0 fully saturated rings. The van der Waals surface area contributed by atoms with Crippen LogP contribution in [-0.2, 0) is 0 Å². The molecule has 2 heteroatoms. The van der Waals surface area contributed by atoms with Crippen molar-refractivity contribution in [2.75, 3.05) is 0 Å². The second kappa shape index (κ2) is 4.29. The molecule has 0 saturated carbocycles. The van der Waals surface area contributed by atoms with Crippen molar-refractivity contribution in [3.63, 3.8) is 0 Å². The molecular weight excluding hydrogens is 250 g/mol. The summed E-state index contributed by atoms with van der Waals surface area (Å²) in [7, 11) is 0. The molecular formula is C13H8BrN. The summed E-state index contributed by atoms with van der Waals surface area (Å²) in [4.78, 5) is 0. The van der Waals surface area contributed by atoms with Gasteiger partial charge >= 0.3 is 0 Å². The van der Waals surface area contributed by atoms with Crippen molar-refractivity contribution < 1.29 is 0 Å². The number of hydrogen-bond acceptors (Lipinski definition) is 1. The minimum atomic E-state index is 0.690. The van der Waals surface area contributed by atoms with Crippen molar-refractivity contribution in [3.05, 3.63) is 58.6 Å². The highest BCUT2D eigenvalue weighted by Crippen LogP contribution is 2.22. The van der Waals surface area contributed by atoms with E-state index in [0.717, 1.165) is 15.6 Å². The molecule has 2 aromatic carbocycles. The van der Waals surface area contributed by atoms with Gasteiger partial charge in [0.25, 0.3) is 0 Å². The fourth-order valence-corrected chi connectivity index (χ4v) is 1.67. The van der Waals surface area contributed by atoms with Gasteiger partial charge in [-0.1, -0.05) is 40.2 Å². The highest BCUT2D eigenvalue weighted by molar-refractivity contribution is 9.10. The van der Waals surface area contributed by atoms with Gasteiger partial charge in [0.2, 0.25) is 0 Å². The van der Waals surface area contributed by atoms with E-state index in [9.17, 15) is 0 Å². The summed E-state index contributed by atoms with van der Waals surface area (Å²) in [5, 5.41) is 8.80. The Morgan fingerprint density at radius 2 is 1.67 bits per heavy atom. The Morgan fingerprint density at radius 3 is 2.33 bits per heavy atom. The zero-order valence-corrected chi connectivity index (χ0v) is 9.53. The average molecular weight is 258 g/mol. The maximum atomic E-state index is 8.80. The first-order valence-electron chi connectivity index (χ1n) is 4.56. The second-order valence-electron chi connectivity index (χ2n) is 3.20. The van der Waals surface area contributed by atoms with Crippen LogP contribution in [-0.4, -0.2) is 0 Å². The van der Waals surface area contributed by atoms with Crippen molar-refractivity contribution >= 4 is 15.9 Å². The van der Waals surface area contributed by atoms with E-state index in [0.29, 0.717) is 5.56 Å². The zero-order valence-electron chi connectivity index (χ0n) is 7.94. The molecule has 0 aliphatic rings. The third kappa shape index (κ3) is 2.26. The molecule has 72 valence electrons. The van der Waals surface area contributed by atoms with E-state index in [4.69, 9.17) is 5.26 Å². The second-order valence-corrected chi connectivity index (χ2v) is 4.12. The van der Waals surface area contributed by atoms with Gasteiger partial charge in [0.05, 0.1) is 11.6 Å². The SMILES string of the molecule is N#Cc1cccc(-c2ccc(Br)cc2)c1. The Labute approximate surface area is 97.1 Å². The van der Waals surface area contributed by atoms with Crippen molar-refractivity contribution in [2.24, 2.45) is 0 Å². The summed E-state index contributed by atoms with van der Waals surface area (Å²) in [6.45, 7) is 0. The largest absolute Gasteiger partial charge is 0.192 e. The molecule has 0 bridgehead atoms. The molecule has 2 aromatic rings. The van der Waals surface area contributed by atoms with E-state index in [1.807, 2.05) is 48.5 Å². The van der Waals surface area contributed by atoms with Crippen molar-refractivity contribution in [1.82, 2.24) is 0 Å². The van der Waals surface area contributed by atoms with Gasteiger partial charge in [-0.3, -0.25) is 0 Å². The molecule has 0 N–H and O–H groups in total. The third-order valence-electron chi connectivity index (χ3n) is 2.17. The number of nitrogens with zero attached hydrogens (tertiary/aromatic N) is 1. The molecule has 0 heterocycles. The summed E-state index contributed by atoms with van der Waals surface area (Å²) >= 11 is 3.39. The van der Waals surface area contributed by atoms with Crippen molar-refractivity contribution in [2.45, 2.75) is 0 Å². The number of halogens is 1. The normalized spacial score (nSPS) is 9.60. The van der Waals surface area contributed by atoms with E-state index in [1.54, 1.807) is 0 Å². The van der Waals surface area contributed by atoms with Gasteiger partial charge in [-0.25, -0.2) is 0 Å². The molecule has 0 amide bonds. The Kier molecular flexibility index (Phi) is 2.84. The quantitative estimate of drug-likeness (QED) is 0.758. The van der Waals surface area contributed by atoms with E-state index in [2.05, 4.69) is 22.0 Å². The standard InChI is InChI=1S/C13H8BrN/c14-13-6-4-11(5-7-13)12-3-1-2-10(8-12)9-15/h1-8H. The lowest BCUT2D eigenvalue weighted by molar-refractivity contribution is 1.48. The molecule has 0 unspecified atom stereocenters. The Balaban J connectivity index is 2.46. The van der Waals surface area contributed by atoms with Gasteiger partial charge in [-0.15, -0.1) is 0 Å². The fourth-order valence-electron chi connectivity index (χ4n) is 1.41. The Hall–Kier alpha value is -1.59. The highest BCUT2D eigenvalue weighted by Gasteiger charge is 1.98. The summed E-state index contributed by atoms with van der Waals surface area (Å²) in [6.07, 6.45) is 0. The van der Waals surface area contributed by atoms with Crippen LogP contribution in [0.25, 0.3) is 11.1 Å². The molecule has 0 spiro atoms. The van der Waals surface area contributed by atoms with Crippen LogP contribution in [0, 0.1) is 11.3 Å². The highest BCUT2D eigenvalue weighted by atomic mass is 79.9. The first-order valence-corrected chi connectivity index (χ1v) is 5.35. The minimum Gasteiger partial charge on any atom is -0.192 e. The predicted molar refractivity (Wildman–Crippen MR) is 64.3 cm³/mol. The van der Waals surface area contributed by atoms with Gasteiger partial charge in [-0.2, -0.15) is 5.26 Å². The van der Waals surface area contributed by atoms with Crippen LogP contribution < -0.4 is 0 Å². The lowest BCUT2D eigenvalue weighted by atomic mass is 10.0. The van der Waals surface area contributed by atoms with Crippen LogP contribution in [0.5, 0.6) is 0 Å². The lowest BCUT2D eigenvalue weighted by Crippen LogP contribution is -1.79. The Morgan fingerprint density at radius 1 is 0.933 bits per heavy atom. The maximum Gasteiger partial charge on any atom is 0.0991 e. The summed E-state index contributed by atoms with van der Waals surface area (Å²) in [5.74, 6) is 0. The molecule has 0 radical (unpaired) electrons. The van der Waals surface area contributed by atoms with Crippen LogP contribution in [0.1, 0.15) is 5.56 Å². The van der Waals surface area contributed by atoms with Gasteiger partial charge in [0.1, 0.15) is 0 Å². The van der Waals surface area contributed by atoms with Gasteiger partial charge < -0.3 is 0 Å². The number of benzene rings is 2. The average Bonchev–Trinajstić information content (AvgIpc) is 2.30. The van der Waals surface area contributed by atoms with Gasteiger partial charge in [0, 0.05) is 4.47 Å². The van der Waals surface area contributed by atoms with E-state index >= 15 is 0 Å². The van der Waals surface area contributed by atoms with E-state index in [1.165, 1.54) is 0 Å². The molecule has 15 heavy (non-hydrogen) atoms. The molecule has 1 nitrogen and oxygen atoms in total. The van der Waals surface area contributed by atoms with E-state index in [-0.39, 0.29) is 0 Å². The first-order chi connectivity index (χ1) is 7.29. The smallest absolute Gasteiger partial charge is 0.0991 e. The zero-order chi connectivity index (χ0) is 10.7. The molecule has 0 aliphatic carbocycles. The van der Waals surface area contributed by atoms with E-state index < -0.39 is 0 Å². The monoisotopic (exact) mass is 257 g/mol. The maximum absolute atomic E-state index is 8.80. The Bertz CT molecular complexity index is 509. The van der Waals surface area contributed by atoms with Crippen LogP contribution in [0.4, 0.5) is 0 Å². The first kappa shape index (κ1) is 9.95. The third-order valence-corrected chi connectivity index (χ3v) is 2.70. The summed E-state index contributed by atoms with van der Waals surface area (Å²) in [6, 6.07) is 17.8. The van der Waals surface area contributed by atoms with Crippen LogP contribution in [0.2, 0.25) is 0 Å². The predicted octanol–water partition coefficient (Wildman–Crippen LogP) is 3.99. The summed E-state index contributed by atoms with van der Waals surface area (Å²) < 4.78 is 1.06. The van der Waals surface area contributed by atoms with Gasteiger partial charge in [0.15, 0.2) is 0 Å². The van der Waals surface area contributed by atoms with Crippen LogP contribution in [0.3, 0.4) is 0 Å². The number of hydrogen-bond donors (Lipinski definition) is 0. The molecule has 0 saturated heterocycles. The number of nitriles is 1. The molecule has 2 rings (SSSR count). The topological polar surface area (TPSA) is 23.8 Å². The summed E-state index contributed by atoms with van der Waals surface area (Å²) in [5.41, 5.74) is 2.88. The lowest BCUT2D eigenvalue weighted by Gasteiger charge is -2.01. The molecule has 0 aliphatic heterocycles. The number of rotatable bonds is 1. The van der Waals surface area contributed by atoms with Crippen molar-refractivity contribution in [1.29, 1.82) is 5.26 Å².